The van der Waals surface area contributed by atoms with Crippen molar-refractivity contribution in [3.8, 4) is 0 Å². The van der Waals surface area contributed by atoms with Gasteiger partial charge in [-0.1, -0.05) is 12.1 Å². The minimum atomic E-state index is -0.411. The molecule has 0 atom stereocenters. The highest BCUT2D eigenvalue weighted by molar-refractivity contribution is 5.95. The number of H-pyrrole nitrogens is 1. The van der Waals surface area contributed by atoms with Crippen molar-refractivity contribution >= 4 is 5.91 Å². The molecule has 0 radical (unpaired) electrons. The molecule has 0 saturated carbocycles. The SMILES string of the molecule is Cc1cc(C)c(C(=O)NCC2(c3cccc(F)c3)CCOCC2)c(=O)[nH]1. The number of benzene rings is 1. The second-order valence-electron chi connectivity index (χ2n) is 6.93. The number of carbonyl (C=O) groups is 1. The number of aromatic nitrogens is 1. The summed E-state index contributed by atoms with van der Waals surface area (Å²) in [7, 11) is 0. The molecule has 2 aromatic rings. The third-order valence-electron chi connectivity index (χ3n) is 5.07. The number of aromatic amines is 1. The lowest BCUT2D eigenvalue weighted by Crippen LogP contribution is -2.45. The lowest BCUT2D eigenvalue weighted by Gasteiger charge is -2.38. The van der Waals surface area contributed by atoms with Gasteiger partial charge in [0.2, 0.25) is 0 Å². The van der Waals surface area contributed by atoms with Crippen LogP contribution >= 0.6 is 0 Å². The third kappa shape index (κ3) is 3.70. The number of halogens is 1. The van der Waals surface area contributed by atoms with Gasteiger partial charge in [0, 0.05) is 30.9 Å². The van der Waals surface area contributed by atoms with E-state index >= 15 is 0 Å². The van der Waals surface area contributed by atoms with Gasteiger partial charge in [-0.15, -0.1) is 0 Å². The summed E-state index contributed by atoms with van der Waals surface area (Å²) in [6, 6.07) is 8.25. The lowest BCUT2D eigenvalue weighted by atomic mass is 9.74. The van der Waals surface area contributed by atoms with Gasteiger partial charge in [0.1, 0.15) is 11.4 Å². The molecule has 0 spiro atoms. The molecular formula is C20H23FN2O3. The number of hydrogen-bond acceptors (Lipinski definition) is 3. The molecule has 0 aliphatic carbocycles. The number of hydrogen-bond donors (Lipinski definition) is 2. The molecule has 2 heterocycles. The Balaban J connectivity index is 1.85. The van der Waals surface area contributed by atoms with E-state index in [0.717, 1.165) is 5.56 Å². The fourth-order valence-electron chi connectivity index (χ4n) is 3.62. The van der Waals surface area contributed by atoms with Crippen molar-refractivity contribution in [3.63, 3.8) is 0 Å². The largest absolute Gasteiger partial charge is 0.381 e. The molecule has 0 unspecified atom stereocenters. The molecule has 6 heteroatoms. The van der Waals surface area contributed by atoms with Gasteiger partial charge in [-0.05, 0) is 56.0 Å². The van der Waals surface area contributed by atoms with Crippen LogP contribution in [0.5, 0.6) is 0 Å². The molecule has 2 N–H and O–H groups in total. The molecule has 138 valence electrons. The van der Waals surface area contributed by atoms with Crippen molar-refractivity contribution in [2.75, 3.05) is 19.8 Å². The number of amides is 1. The van der Waals surface area contributed by atoms with Gasteiger partial charge in [-0.2, -0.15) is 0 Å². The van der Waals surface area contributed by atoms with E-state index in [2.05, 4.69) is 10.3 Å². The molecule has 1 fully saturated rings. The van der Waals surface area contributed by atoms with E-state index in [1.54, 1.807) is 26.0 Å². The van der Waals surface area contributed by atoms with Crippen molar-refractivity contribution in [3.05, 3.63) is 68.9 Å². The van der Waals surface area contributed by atoms with Crippen molar-refractivity contribution in [2.45, 2.75) is 32.1 Å². The Bertz CT molecular complexity index is 870. The van der Waals surface area contributed by atoms with Gasteiger partial charge in [0.05, 0.1) is 0 Å². The molecule has 1 amide bonds. The predicted octanol–water partition coefficient (Wildman–Crippen LogP) is 2.61. The van der Waals surface area contributed by atoms with Crippen LogP contribution in [0.2, 0.25) is 0 Å². The fourth-order valence-corrected chi connectivity index (χ4v) is 3.62. The van der Waals surface area contributed by atoms with E-state index in [9.17, 15) is 14.0 Å². The van der Waals surface area contributed by atoms with E-state index in [1.165, 1.54) is 12.1 Å². The van der Waals surface area contributed by atoms with Crippen LogP contribution in [0.25, 0.3) is 0 Å². The molecule has 1 aliphatic heterocycles. The van der Waals surface area contributed by atoms with Crippen LogP contribution in [0.1, 0.15) is 40.0 Å². The van der Waals surface area contributed by atoms with Crippen LogP contribution in [0.3, 0.4) is 0 Å². The van der Waals surface area contributed by atoms with E-state index in [-0.39, 0.29) is 11.4 Å². The maximum Gasteiger partial charge on any atom is 0.261 e. The standard InChI is InChI=1S/C20H23FN2O3/c1-13-10-14(2)23-19(25)17(13)18(24)22-12-20(6-8-26-9-7-20)15-4-3-5-16(21)11-15/h3-5,10-11H,6-9,12H2,1-2H3,(H,22,24)(H,23,25). The summed E-state index contributed by atoms with van der Waals surface area (Å²) in [5.41, 5.74) is 1.51. The van der Waals surface area contributed by atoms with Crippen LogP contribution in [0.15, 0.2) is 35.1 Å². The zero-order chi connectivity index (χ0) is 18.7. The highest BCUT2D eigenvalue weighted by Crippen LogP contribution is 2.34. The zero-order valence-corrected chi connectivity index (χ0v) is 15.0. The molecular weight excluding hydrogens is 335 g/mol. The molecule has 3 rings (SSSR count). The van der Waals surface area contributed by atoms with Crippen molar-refractivity contribution in [2.24, 2.45) is 0 Å². The number of carbonyl (C=O) groups excluding carboxylic acids is 1. The number of ether oxygens (including phenoxy) is 1. The lowest BCUT2D eigenvalue weighted by molar-refractivity contribution is 0.0486. The average molecular weight is 358 g/mol. The second kappa shape index (κ2) is 7.41. The minimum Gasteiger partial charge on any atom is -0.381 e. The van der Waals surface area contributed by atoms with Crippen molar-refractivity contribution in [1.82, 2.24) is 10.3 Å². The first-order chi connectivity index (χ1) is 12.4. The predicted molar refractivity (Wildman–Crippen MR) is 97.0 cm³/mol. The van der Waals surface area contributed by atoms with Crippen molar-refractivity contribution in [1.29, 1.82) is 0 Å². The molecule has 1 aromatic carbocycles. The van der Waals surface area contributed by atoms with Crippen LogP contribution in [-0.2, 0) is 10.2 Å². The van der Waals surface area contributed by atoms with Gasteiger partial charge < -0.3 is 15.0 Å². The zero-order valence-electron chi connectivity index (χ0n) is 15.0. The van der Waals surface area contributed by atoms with Crippen LogP contribution in [0.4, 0.5) is 4.39 Å². The second-order valence-corrected chi connectivity index (χ2v) is 6.93. The van der Waals surface area contributed by atoms with Gasteiger partial charge in [-0.25, -0.2) is 4.39 Å². The highest BCUT2D eigenvalue weighted by Gasteiger charge is 2.35. The normalized spacial score (nSPS) is 16.3. The number of pyridine rings is 1. The van der Waals surface area contributed by atoms with Crippen LogP contribution in [-0.4, -0.2) is 30.6 Å². The molecule has 1 aliphatic rings. The van der Waals surface area contributed by atoms with E-state index in [0.29, 0.717) is 43.9 Å². The molecule has 1 saturated heterocycles. The van der Waals surface area contributed by atoms with Gasteiger partial charge in [0.15, 0.2) is 0 Å². The average Bonchev–Trinajstić information content (AvgIpc) is 2.60. The summed E-state index contributed by atoms with van der Waals surface area (Å²) in [6.07, 6.45) is 1.36. The van der Waals surface area contributed by atoms with Crippen LogP contribution < -0.4 is 10.9 Å². The molecule has 5 nitrogen and oxygen atoms in total. The highest BCUT2D eigenvalue weighted by atomic mass is 19.1. The Labute approximate surface area is 151 Å². The Morgan fingerprint density at radius 3 is 2.65 bits per heavy atom. The molecule has 0 bridgehead atoms. The maximum absolute atomic E-state index is 13.7. The third-order valence-corrected chi connectivity index (χ3v) is 5.07. The Hall–Kier alpha value is -2.47. The first-order valence-corrected chi connectivity index (χ1v) is 8.74. The van der Waals surface area contributed by atoms with E-state index < -0.39 is 16.9 Å². The summed E-state index contributed by atoms with van der Waals surface area (Å²) < 4.78 is 19.2. The number of aryl methyl sites for hydroxylation is 2. The van der Waals surface area contributed by atoms with Crippen LogP contribution in [0, 0.1) is 19.7 Å². The quantitative estimate of drug-likeness (QED) is 0.883. The summed E-state index contributed by atoms with van der Waals surface area (Å²) in [6.45, 7) is 4.95. The fraction of sp³-hybridized carbons (Fsp3) is 0.400. The maximum atomic E-state index is 13.7. The van der Waals surface area contributed by atoms with Crippen molar-refractivity contribution < 1.29 is 13.9 Å². The van der Waals surface area contributed by atoms with E-state index in [4.69, 9.17) is 4.74 Å². The monoisotopic (exact) mass is 358 g/mol. The van der Waals surface area contributed by atoms with Gasteiger partial charge in [-0.3, -0.25) is 9.59 Å². The first kappa shape index (κ1) is 18.3. The molecule has 1 aromatic heterocycles. The Morgan fingerprint density at radius 1 is 1.27 bits per heavy atom. The van der Waals surface area contributed by atoms with Gasteiger partial charge >= 0.3 is 0 Å². The Morgan fingerprint density at radius 2 is 2.00 bits per heavy atom. The summed E-state index contributed by atoms with van der Waals surface area (Å²) in [4.78, 5) is 27.5. The van der Waals surface area contributed by atoms with E-state index in [1.807, 2.05) is 6.07 Å². The first-order valence-electron chi connectivity index (χ1n) is 8.74. The Kier molecular flexibility index (Phi) is 5.23. The number of rotatable bonds is 4. The minimum absolute atomic E-state index is 0.122. The smallest absolute Gasteiger partial charge is 0.261 e. The summed E-state index contributed by atoms with van der Waals surface area (Å²) in [5.74, 6) is -0.712. The topological polar surface area (TPSA) is 71.2 Å². The molecule has 26 heavy (non-hydrogen) atoms. The van der Waals surface area contributed by atoms with Gasteiger partial charge in [0.25, 0.3) is 11.5 Å². The number of nitrogens with one attached hydrogen (secondary N) is 2. The summed E-state index contributed by atoms with van der Waals surface area (Å²) in [5, 5.41) is 2.89. The summed E-state index contributed by atoms with van der Waals surface area (Å²) >= 11 is 0.